The smallest absolute Gasteiger partial charge is 0.136 e. The molecule has 2 aliphatic rings. The van der Waals surface area contributed by atoms with Gasteiger partial charge in [-0.2, -0.15) is 0 Å². The summed E-state index contributed by atoms with van der Waals surface area (Å²) in [6.07, 6.45) is 3.94. The number of nitrogens with zero attached hydrogens (tertiary/aromatic N) is 2. The molecule has 2 aliphatic heterocycles. The molecule has 0 aliphatic carbocycles. The Morgan fingerprint density at radius 2 is 2.32 bits per heavy atom. The molecule has 0 spiro atoms. The quantitative estimate of drug-likeness (QED) is 0.803. The van der Waals surface area contributed by atoms with Crippen LogP contribution in [0, 0.1) is 0 Å². The van der Waals surface area contributed by atoms with Crippen LogP contribution in [0.2, 0.25) is 0 Å². The number of aliphatic hydroxyl groups excluding tert-OH is 1. The van der Waals surface area contributed by atoms with Crippen LogP contribution in [0.4, 0.5) is 5.69 Å². The minimum atomic E-state index is -0.0531. The number of hydrogen-bond donors (Lipinski definition) is 2. The summed E-state index contributed by atoms with van der Waals surface area (Å²) >= 11 is 0. The van der Waals surface area contributed by atoms with Crippen molar-refractivity contribution < 1.29 is 9.84 Å². The van der Waals surface area contributed by atoms with Crippen LogP contribution in [-0.2, 0) is 11.3 Å². The molecule has 3 heterocycles. The first-order valence-corrected chi connectivity index (χ1v) is 6.79. The SMILES string of the molecule is Nc1ccc2c(c1)nc(CO)n2C1CC2CCC1O2. The number of aromatic nitrogens is 2. The second kappa shape index (κ2) is 3.95. The fourth-order valence-electron chi connectivity index (χ4n) is 3.53. The van der Waals surface area contributed by atoms with E-state index in [4.69, 9.17) is 10.5 Å². The van der Waals surface area contributed by atoms with Crippen molar-refractivity contribution in [1.29, 1.82) is 0 Å². The van der Waals surface area contributed by atoms with Gasteiger partial charge < -0.3 is 20.1 Å². The zero-order chi connectivity index (χ0) is 13.0. The topological polar surface area (TPSA) is 73.3 Å². The molecule has 5 heteroatoms. The number of nitrogens with two attached hydrogens (primary N) is 1. The van der Waals surface area contributed by atoms with E-state index in [1.54, 1.807) is 0 Å². The first-order chi connectivity index (χ1) is 9.26. The maximum atomic E-state index is 9.56. The predicted molar refractivity (Wildman–Crippen MR) is 71.6 cm³/mol. The maximum Gasteiger partial charge on any atom is 0.136 e. The summed E-state index contributed by atoms with van der Waals surface area (Å²) in [5.74, 6) is 0.710. The average molecular weight is 259 g/mol. The van der Waals surface area contributed by atoms with Crippen molar-refractivity contribution in [3.05, 3.63) is 24.0 Å². The van der Waals surface area contributed by atoms with Gasteiger partial charge in [0.25, 0.3) is 0 Å². The highest BCUT2D eigenvalue weighted by molar-refractivity contribution is 5.79. The average Bonchev–Trinajstić information content (AvgIpc) is 3.09. The fraction of sp³-hybridized carbons (Fsp3) is 0.500. The van der Waals surface area contributed by atoms with E-state index in [0.29, 0.717) is 23.7 Å². The van der Waals surface area contributed by atoms with E-state index in [9.17, 15) is 5.11 Å². The van der Waals surface area contributed by atoms with Crippen molar-refractivity contribution in [3.63, 3.8) is 0 Å². The van der Waals surface area contributed by atoms with Gasteiger partial charge in [0.15, 0.2) is 0 Å². The van der Waals surface area contributed by atoms with E-state index >= 15 is 0 Å². The Kier molecular flexibility index (Phi) is 2.34. The van der Waals surface area contributed by atoms with Gasteiger partial charge in [0.05, 0.1) is 29.3 Å². The van der Waals surface area contributed by atoms with Gasteiger partial charge in [0, 0.05) is 5.69 Å². The second-order valence-electron chi connectivity index (χ2n) is 5.48. The molecule has 5 nitrogen and oxygen atoms in total. The molecule has 3 N–H and O–H groups in total. The highest BCUT2D eigenvalue weighted by Crippen LogP contribution is 2.43. The largest absolute Gasteiger partial charge is 0.399 e. The molecule has 2 saturated heterocycles. The molecule has 2 bridgehead atoms. The normalized spacial score (nSPS) is 29.4. The van der Waals surface area contributed by atoms with Crippen LogP contribution >= 0.6 is 0 Å². The Bertz CT molecular complexity index is 637. The Hall–Kier alpha value is -1.59. The van der Waals surface area contributed by atoms with Crippen molar-refractivity contribution in [2.24, 2.45) is 0 Å². The lowest BCUT2D eigenvalue weighted by Gasteiger charge is -2.22. The van der Waals surface area contributed by atoms with Crippen LogP contribution in [0.15, 0.2) is 18.2 Å². The number of ether oxygens (including phenoxy) is 1. The van der Waals surface area contributed by atoms with Crippen LogP contribution < -0.4 is 5.73 Å². The molecule has 0 amide bonds. The Morgan fingerprint density at radius 3 is 3.00 bits per heavy atom. The standard InChI is InChI=1S/C14H17N3O2/c15-8-1-3-11-10(5-8)16-14(7-18)17(11)12-6-9-2-4-13(12)19-9/h1,3,5,9,12-13,18H,2,4,6-7,15H2. The van der Waals surface area contributed by atoms with Crippen molar-refractivity contribution in [2.45, 2.75) is 44.1 Å². The summed E-state index contributed by atoms with van der Waals surface area (Å²) in [6, 6.07) is 6.03. The minimum Gasteiger partial charge on any atom is -0.399 e. The number of aliphatic hydroxyl groups is 1. The first-order valence-electron chi connectivity index (χ1n) is 6.79. The molecule has 100 valence electrons. The van der Waals surface area contributed by atoms with Crippen LogP contribution in [0.5, 0.6) is 0 Å². The molecule has 1 aromatic heterocycles. The summed E-state index contributed by atoms with van der Waals surface area (Å²) < 4.78 is 8.08. The zero-order valence-corrected chi connectivity index (χ0v) is 10.6. The molecule has 1 aromatic carbocycles. The summed E-state index contributed by atoms with van der Waals surface area (Å²) in [4.78, 5) is 4.50. The number of hydrogen-bond acceptors (Lipinski definition) is 4. The molecule has 2 fully saturated rings. The van der Waals surface area contributed by atoms with Gasteiger partial charge in [0.1, 0.15) is 12.4 Å². The zero-order valence-electron chi connectivity index (χ0n) is 10.6. The highest BCUT2D eigenvalue weighted by atomic mass is 16.5. The molecule has 0 radical (unpaired) electrons. The van der Waals surface area contributed by atoms with Gasteiger partial charge in [-0.25, -0.2) is 4.98 Å². The van der Waals surface area contributed by atoms with Gasteiger partial charge in [-0.05, 0) is 37.5 Å². The van der Waals surface area contributed by atoms with Crippen molar-refractivity contribution >= 4 is 16.7 Å². The van der Waals surface area contributed by atoms with Gasteiger partial charge >= 0.3 is 0 Å². The van der Waals surface area contributed by atoms with Gasteiger partial charge in [0.2, 0.25) is 0 Å². The van der Waals surface area contributed by atoms with Crippen LogP contribution in [0.1, 0.15) is 31.1 Å². The van der Waals surface area contributed by atoms with Crippen molar-refractivity contribution in [1.82, 2.24) is 9.55 Å². The van der Waals surface area contributed by atoms with Gasteiger partial charge in [-0.3, -0.25) is 0 Å². The highest BCUT2D eigenvalue weighted by Gasteiger charge is 2.42. The molecule has 0 saturated carbocycles. The number of rotatable bonds is 2. The Balaban J connectivity index is 1.88. The van der Waals surface area contributed by atoms with E-state index in [-0.39, 0.29) is 12.7 Å². The Labute approximate surface area is 111 Å². The molecule has 3 atom stereocenters. The molecular weight excluding hydrogens is 242 g/mol. The van der Waals surface area contributed by atoms with E-state index in [0.717, 1.165) is 30.3 Å². The van der Waals surface area contributed by atoms with E-state index in [2.05, 4.69) is 9.55 Å². The van der Waals surface area contributed by atoms with Crippen molar-refractivity contribution in [2.75, 3.05) is 5.73 Å². The second-order valence-corrected chi connectivity index (χ2v) is 5.48. The number of anilines is 1. The summed E-state index contributed by atoms with van der Waals surface area (Å²) in [5.41, 5.74) is 8.40. The Morgan fingerprint density at radius 1 is 1.42 bits per heavy atom. The predicted octanol–water partition coefficient (Wildman–Crippen LogP) is 1.60. The number of fused-ring (bicyclic) bond motifs is 3. The molecule has 2 aromatic rings. The van der Waals surface area contributed by atoms with Gasteiger partial charge in [-0.15, -0.1) is 0 Å². The monoisotopic (exact) mass is 259 g/mol. The third-order valence-electron chi connectivity index (χ3n) is 4.33. The summed E-state index contributed by atoms with van der Waals surface area (Å²) in [5, 5.41) is 9.56. The third kappa shape index (κ3) is 1.58. The minimum absolute atomic E-state index is 0.0531. The lowest BCUT2D eigenvalue weighted by Crippen LogP contribution is -2.22. The van der Waals surface area contributed by atoms with Crippen molar-refractivity contribution in [3.8, 4) is 0 Å². The molecule has 3 unspecified atom stereocenters. The first kappa shape index (κ1) is 11.3. The van der Waals surface area contributed by atoms with E-state index in [1.807, 2.05) is 18.2 Å². The molecular formula is C14H17N3O2. The number of benzene rings is 1. The van der Waals surface area contributed by atoms with E-state index in [1.165, 1.54) is 0 Å². The van der Waals surface area contributed by atoms with E-state index < -0.39 is 0 Å². The number of nitrogen functional groups attached to an aromatic ring is 1. The van der Waals surface area contributed by atoms with Crippen LogP contribution in [-0.4, -0.2) is 26.9 Å². The molecule has 4 rings (SSSR count). The fourth-order valence-corrected chi connectivity index (χ4v) is 3.53. The number of imidazole rings is 1. The lowest BCUT2D eigenvalue weighted by molar-refractivity contribution is 0.0933. The third-order valence-corrected chi connectivity index (χ3v) is 4.33. The van der Waals surface area contributed by atoms with Crippen LogP contribution in [0.3, 0.4) is 0 Å². The van der Waals surface area contributed by atoms with Crippen LogP contribution in [0.25, 0.3) is 11.0 Å². The molecule has 19 heavy (non-hydrogen) atoms. The lowest BCUT2D eigenvalue weighted by atomic mass is 9.95. The maximum absolute atomic E-state index is 9.56. The summed E-state index contributed by atoms with van der Waals surface area (Å²) in [6.45, 7) is -0.0531. The summed E-state index contributed by atoms with van der Waals surface area (Å²) in [7, 11) is 0. The van der Waals surface area contributed by atoms with Gasteiger partial charge in [-0.1, -0.05) is 0 Å².